The molecule has 0 fully saturated rings. The molecule has 0 spiro atoms. The molecule has 4 heteroatoms. The molecule has 0 atom stereocenters. The second-order valence-electron chi connectivity index (χ2n) is 4.22. The van der Waals surface area contributed by atoms with E-state index in [9.17, 15) is 4.79 Å². The number of benzene rings is 1. The highest BCUT2D eigenvalue weighted by atomic mass is 32.1. The van der Waals surface area contributed by atoms with Crippen LogP contribution in [0.1, 0.15) is 28.6 Å². The third-order valence-corrected chi connectivity index (χ3v) is 3.98. The molecule has 0 saturated heterocycles. The van der Waals surface area contributed by atoms with Gasteiger partial charge in [0.2, 0.25) is 0 Å². The lowest BCUT2D eigenvalue weighted by Crippen LogP contribution is -2.24. The Morgan fingerprint density at radius 3 is 2.83 bits per heavy atom. The number of hydroxylamine groups is 2. The van der Waals surface area contributed by atoms with E-state index in [0.29, 0.717) is 4.88 Å². The molecule has 0 bridgehead atoms. The van der Waals surface area contributed by atoms with Gasteiger partial charge < -0.3 is 0 Å². The Morgan fingerprint density at radius 2 is 2.17 bits per heavy atom. The number of hydrogen-bond donors (Lipinski definition) is 0. The molecule has 2 aromatic rings. The van der Waals surface area contributed by atoms with Crippen LogP contribution >= 0.6 is 11.3 Å². The number of carbonyl (C=O) groups is 1. The molecule has 0 aliphatic heterocycles. The van der Waals surface area contributed by atoms with Crippen molar-refractivity contribution in [2.45, 2.75) is 19.8 Å². The Labute approximate surface area is 111 Å². The van der Waals surface area contributed by atoms with Crippen LogP contribution in [0.25, 0.3) is 10.1 Å². The number of nitrogens with zero attached hydrogens (tertiary/aromatic N) is 1. The van der Waals surface area contributed by atoms with Crippen molar-refractivity contribution in [3.05, 3.63) is 34.7 Å². The monoisotopic (exact) mass is 263 g/mol. The van der Waals surface area contributed by atoms with Gasteiger partial charge in [-0.1, -0.05) is 25.5 Å². The summed E-state index contributed by atoms with van der Waals surface area (Å²) in [5, 5.41) is 2.37. The molecule has 1 heterocycles. The SMILES string of the molecule is CCCc1ccc2cc(C(=O)N(C)OC)sc2c1. The molecule has 1 amide bonds. The van der Waals surface area contributed by atoms with E-state index < -0.39 is 0 Å². The van der Waals surface area contributed by atoms with Gasteiger partial charge in [0.25, 0.3) is 5.91 Å². The molecule has 0 unspecified atom stereocenters. The molecular weight excluding hydrogens is 246 g/mol. The number of fused-ring (bicyclic) bond motifs is 1. The first-order valence-corrected chi connectivity index (χ1v) is 6.82. The lowest BCUT2D eigenvalue weighted by atomic mass is 10.1. The lowest BCUT2D eigenvalue weighted by Gasteiger charge is -2.11. The van der Waals surface area contributed by atoms with Gasteiger partial charge >= 0.3 is 0 Å². The van der Waals surface area contributed by atoms with Crippen LogP contribution in [0.15, 0.2) is 24.3 Å². The zero-order chi connectivity index (χ0) is 13.1. The predicted octanol–water partition coefficient (Wildman–Crippen LogP) is 3.49. The van der Waals surface area contributed by atoms with Crippen molar-refractivity contribution in [1.29, 1.82) is 0 Å². The van der Waals surface area contributed by atoms with E-state index >= 15 is 0 Å². The predicted molar refractivity (Wildman–Crippen MR) is 74.9 cm³/mol. The van der Waals surface area contributed by atoms with Crippen molar-refractivity contribution in [1.82, 2.24) is 5.06 Å². The number of hydrogen-bond acceptors (Lipinski definition) is 3. The molecule has 0 saturated carbocycles. The molecule has 96 valence electrons. The van der Waals surface area contributed by atoms with Crippen LogP contribution in [0.4, 0.5) is 0 Å². The van der Waals surface area contributed by atoms with Gasteiger partial charge in [-0.25, -0.2) is 5.06 Å². The summed E-state index contributed by atoms with van der Waals surface area (Å²) >= 11 is 1.52. The fraction of sp³-hybridized carbons (Fsp3) is 0.357. The average Bonchev–Trinajstić information content (AvgIpc) is 2.80. The molecule has 3 nitrogen and oxygen atoms in total. The second kappa shape index (κ2) is 5.50. The lowest BCUT2D eigenvalue weighted by molar-refractivity contribution is -0.0753. The first kappa shape index (κ1) is 13.1. The molecule has 1 aromatic heterocycles. The van der Waals surface area contributed by atoms with Crippen molar-refractivity contribution in [3.8, 4) is 0 Å². The molecule has 1 aromatic carbocycles. The van der Waals surface area contributed by atoms with Crippen molar-refractivity contribution in [2.75, 3.05) is 14.2 Å². The summed E-state index contributed by atoms with van der Waals surface area (Å²) in [6.45, 7) is 2.17. The van der Waals surface area contributed by atoms with Gasteiger partial charge in [0.1, 0.15) is 0 Å². The van der Waals surface area contributed by atoms with Gasteiger partial charge in [0.15, 0.2) is 0 Å². The fourth-order valence-electron chi connectivity index (χ4n) is 1.86. The molecule has 0 radical (unpaired) electrons. The van der Waals surface area contributed by atoms with Gasteiger partial charge in [-0.3, -0.25) is 9.63 Å². The zero-order valence-electron chi connectivity index (χ0n) is 10.9. The molecule has 0 aliphatic rings. The summed E-state index contributed by atoms with van der Waals surface area (Å²) < 4.78 is 1.16. The molecule has 2 rings (SSSR count). The highest BCUT2D eigenvalue weighted by molar-refractivity contribution is 7.20. The van der Waals surface area contributed by atoms with E-state index in [1.807, 2.05) is 6.07 Å². The maximum Gasteiger partial charge on any atom is 0.287 e. The normalized spacial score (nSPS) is 10.8. The molecule has 0 aliphatic carbocycles. The quantitative estimate of drug-likeness (QED) is 0.790. The maximum atomic E-state index is 12.0. The van der Waals surface area contributed by atoms with Gasteiger partial charge in [-0.2, -0.15) is 0 Å². The van der Waals surface area contributed by atoms with Gasteiger partial charge in [0.05, 0.1) is 12.0 Å². The van der Waals surface area contributed by atoms with Crippen molar-refractivity contribution < 1.29 is 9.63 Å². The Balaban J connectivity index is 2.35. The van der Waals surface area contributed by atoms with E-state index in [1.165, 1.54) is 29.1 Å². The number of amides is 1. The highest BCUT2D eigenvalue weighted by Gasteiger charge is 2.14. The van der Waals surface area contributed by atoms with Crippen LogP contribution in [0, 0.1) is 0 Å². The fourth-order valence-corrected chi connectivity index (χ4v) is 2.96. The third kappa shape index (κ3) is 2.54. The summed E-state index contributed by atoms with van der Waals surface area (Å²) in [6, 6.07) is 8.31. The van der Waals surface area contributed by atoms with E-state index in [1.54, 1.807) is 7.05 Å². The van der Waals surface area contributed by atoms with E-state index in [2.05, 4.69) is 25.1 Å². The number of carbonyl (C=O) groups excluding carboxylic acids is 1. The number of thiophene rings is 1. The highest BCUT2D eigenvalue weighted by Crippen LogP contribution is 2.27. The van der Waals surface area contributed by atoms with E-state index in [4.69, 9.17) is 4.84 Å². The Kier molecular flexibility index (Phi) is 3.99. The topological polar surface area (TPSA) is 29.5 Å². The molecular formula is C14H17NO2S. The van der Waals surface area contributed by atoms with Gasteiger partial charge in [-0.15, -0.1) is 11.3 Å². The summed E-state index contributed by atoms with van der Waals surface area (Å²) in [4.78, 5) is 17.6. The Hall–Kier alpha value is -1.39. The van der Waals surface area contributed by atoms with Crippen molar-refractivity contribution in [2.24, 2.45) is 0 Å². The minimum absolute atomic E-state index is 0.101. The Bertz CT molecular complexity index is 562. The zero-order valence-corrected chi connectivity index (χ0v) is 11.7. The largest absolute Gasteiger partial charge is 0.287 e. The van der Waals surface area contributed by atoms with Crippen molar-refractivity contribution in [3.63, 3.8) is 0 Å². The van der Waals surface area contributed by atoms with E-state index in [0.717, 1.165) is 22.9 Å². The average molecular weight is 263 g/mol. The summed E-state index contributed by atoms with van der Waals surface area (Å²) in [7, 11) is 3.11. The Morgan fingerprint density at radius 1 is 1.39 bits per heavy atom. The third-order valence-electron chi connectivity index (χ3n) is 2.89. The molecule has 18 heavy (non-hydrogen) atoms. The van der Waals surface area contributed by atoms with Crippen LogP contribution in [0.5, 0.6) is 0 Å². The van der Waals surface area contributed by atoms with Crippen molar-refractivity contribution >= 4 is 27.3 Å². The van der Waals surface area contributed by atoms with E-state index in [-0.39, 0.29) is 5.91 Å². The second-order valence-corrected chi connectivity index (χ2v) is 5.30. The standard InChI is InChI=1S/C14H17NO2S/c1-4-5-10-6-7-11-9-13(18-12(11)8-10)14(16)15(2)17-3/h6-9H,4-5H2,1-3H3. The van der Waals surface area contributed by atoms with Crippen LogP contribution in [-0.2, 0) is 11.3 Å². The number of aryl methyl sites for hydroxylation is 1. The van der Waals surface area contributed by atoms with Crippen LogP contribution in [0.2, 0.25) is 0 Å². The smallest absolute Gasteiger partial charge is 0.274 e. The minimum atomic E-state index is -0.101. The number of rotatable bonds is 4. The first-order chi connectivity index (χ1) is 8.65. The summed E-state index contributed by atoms with van der Waals surface area (Å²) in [6.07, 6.45) is 2.21. The maximum absolute atomic E-state index is 12.0. The summed E-state index contributed by atoms with van der Waals surface area (Å²) in [5.41, 5.74) is 1.32. The van der Waals surface area contributed by atoms with Gasteiger partial charge in [-0.05, 0) is 29.5 Å². The molecule has 0 N–H and O–H groups in total. The first-order valence-electron chi connectivity index (χ1n) is 6.00. The van der Waals surface area contributed by atoms with Crippen LogP contribution in [-0.4, -0.2) is 25.1 Å². The summed E-state index contributed by atoms with van der Waals surface area (Å²) in [5.74, 6) is -0.101. The van der Waals surface area contributed by atoms with Crippen LogP contribution in [0.3, 0.4) is 0 Å². The van der Waals surface area contributed by atoms with Gasteiger partial charge in [0, 0.05) is 11.7 Å². The minimum Gasteiger partial charge on any atom is -0.274 e. The van der Waals surface area contributed by atoms with Crippen LogP contribution < -0.4 is 0 Å².